The van der Waals surface area contributed by atoms with E-state index in [2.05, 4.69) is 22.2 Å². The van der Waals surface area contributed by atoms with Crippen LogP contribution in [0, 0.1) is 10.1 Å². The molecular weight excluding hydrogens is 276 g/mol. The van der Waals surface area contributed by atoms with Gasteiger partial charge in [-0.3, -0.25) is 10.1 Å². The number of nitrogens with zero attached hydrogens (tertiary/aromatic N) is 3. The molecule has 0 saturated carbocycles. The molecule has 0 amide bonds. The van der Waals surface area contributed by atoms with Crippen LogP contribution in [0.3, 0.4) is 0 Å². The summed E-state index contributed by atoms with van der Waals surface area (Å²) in [7, 11) is 0. The molecule has 1 aromatic heterocycles. The van der Waals surface area contributed by atoms with Crippen molar-refractivity contribution in [3.63, 3.8) is 0 Å². The van der Waals surface area contributed by atoms with Gasteiger partial charge in [-0.25, -0.2) is 4.98 Å². The smallest absolute Gasteiger partial charge is 0.348 e. The Balaban J connectivity index is 2.91. The lowest BCUT2D eigenvalue weighted by Crippen LogP contribution is -2.08. The van der Waals surface area contributed by atoms with Crippen molar-refractivity contribution in [2.24, 2.45) is 0 Å². The number of anilines is 1. The summed E-state index contributed by atoms with van der Waals surface area (Å²) in [6.07, 6.45) is 4.88. The van der Waals surface area contributed by atoms with E-state index < -0.39 is 4.92 Å². The second-order valence-electron chi connectivity index (χ2n) is 3.59. The first-order valence-corrected chi connectivity index (χ1v) is 7.20. The lowest BCUT2D eigenvalue weighted by molar-refractivity contribution is -0.384. The van der Waals surface area contributed by atoms with Crippen LogP contribution in [-0.4, -0.2) is 27.7 Å². The van der Waals surface area contributed by atoms with E-state index in [1.54, 1.807) is 6.26 Å². The summed E-state index contributed by atoms with van der Waals surface area (Å²) >= 11 is 7.09. The summed E-state index contributed by atoms with van der Waals surface area (Å²) in [4.78, 5) is 18.3. The van der Waals surface area contributed by atoms with Gasteiger partial charge in [0.25, 0.3) is 0 Å². The molecule has 0 spiro atoms. The molecule has 100 valence electrons. The van der Waals surface area contributed by atoms with Gasteiger partial charge in [0.05, 0.1) is 4.92 Å². The SMILES string of the molecule is CCCCCNc1nc(SC)nc(Cl)c1[N+](=O)[O-]. The Morgan fingerprint density at radius 1 is 1.44 bits per heavy atom. The third kappa shape index (κ3) is 3.99. The van der Waals surface area contributed by atoms with Gasteiger partial charge in [0.15, 0.2) is 5.16 Å². The van der Waals surface area contributed by atoms with E-state index in [0.717, 1.165) is 19.3 Å². The summed E-state index contributed by atoms with van der Waals surface area (Å²) in [5.74, 6) is 0.195. The van der Waals surface area contributed by atoms with Crippen molar-refractivity contribution in [3.05, 3.63) is 15.3 Å². The van der Waals surface area contributed by atoms with Gasteiger partial charge in [0.1, 0.15) is 0 Å². The monoisotopic (exact) mass is 290 g/mol. The van der Waals surface area contributed by atoms with E-state index in [-0.39, 0.29) is 16.7 Å². The van der Waals surface area contributed by atoms with Crippen LogP contribution < -0.4 is 5.32 Å². The summed E-state index contributed by atoms with van der Waals surface area (Å²) in [6.45, 7) is 2.73. The van der Waals surface area contributed by atoms with E-state index in [9.17, 15) is 10.1 Å². The zero-order chi connectivity index (χ0) is 13.5. The zero-order valence-corrected chi connectivity index (χ0v) is 11.8. The normalized spacial score (nSPS) is 10.4. The molecule has 0 bridgehead atoms. The van der Waals surface area contributed by atoms with Crippen molar-refractivity contribution in [2.75, 3.05) is 18.1 Å². The number of nitrogens with one attached hydrogen (secondary N) is 1. The van der Waals surface area contributed by atoms with Crippen molar-refractivity contribution in [2.45, 2.75) is 31.3 Å². The first-order valence-electron chi connectivity index (χ1n) is 5.60. The minimum atomic E-state index is -0.561. The average molecular weight is 291 g/mol. The maximum absolute atomic E-state index is 10.9. The van der Waals surface area contributed by atoms with Crippen LogP contribution in [0.5, 0.6) is 0 Å². The molecule has 0 atom stereocenters. The maximum Gasteiger partial charge on any atom is 0.348 e. The lowest BCUT2D eigenvalue weighted by Gasteiger charge is -2.07. The lowest BCUT2D eigenvalue weighted by atomic mass is 10.2. The van der Waals surface area contributed by atoms with Gasteiger partial charge in [-0.2, -0.15) is 4.98 Å². The maximum atomic E-state index is 10.9. The summed E-state index contributed by atoms with van der Waals surface area (Å²) in [5, 5.41) is 14.2. The van der Waals surface area contributed by atoms with Crippen LogP contribution in [-0.2, 0) is 0 Å². The molecule has 18 heavy (non-hydrogen) atoms. The molecule has 0 aliphatic heterocycles. The molecule has 1 aromatic rings. The molecule has 1 heterocycles. The van der Waals surface area contributed by atoms with E-state index in [1.807, 2.05) is 0 Å². The Morgan fingerprint density at radius 3 is 2.72 bits per heavy atom. The minimum Gasteiger partial charge on any atom is -0.364 e. The highest BCUT2D eigenvalue weighted by Gasteiger charge is 2.23. The van der Waals surface area contributed by atoms with Crippen molar-refractivity contribution in [1.29, 1.82) is 0 Å². The predicted octanol–water partition coefficient (Wildman–Crippen LogP) is 3.36. The van der Waals surface area contributed by atoms with Crippen molar-refractivity contribution < 1.29 is 4.92 Å². The molecular formula is C10H15ClN4O2S. The van der Waals surface area contributed by atoms with Crippen LogP contribution >= 0.6 is 23.4 Å². The number of hydrogen-bond donors (Lipinski definition) is 1. The first kappa shape index (κ1) is 15.0. The predicted molar refractivity (Wildman–Crippen MR) is 73.5 cm³/mol. The molecule has 0 aliphatic rings. The van der Waals surface area contributed by atoms with E-state index in [0.29, 0.717) is 11.7 Å². The van der Waals surface area contributed by atoms with Crippen molar-refractivity contribution in [1.82, 2.24) is 9.97 Å². The largest absolute Gasteiger partial charge is 0.364 e. The zero-order valence-electron chi connectivity index (χ0n) is 10.3. The van der Waals surface area contributed by atoms with Gasteiger partial charge in [0.2, 0.25) is 11.0 Å². The van der Waals surface area contributed by atoms with Crippen molar-refractivity contribution in [3.8, 4) is 0 Å². The second-order valence-corrected chi connectivity index (χ2v) is 4.72. The Kier molecular flexibility index (Phi) is 6.14. The minimum absolute atomic E-state index is 0.127. The molecule has 0 aromatic carbocycles. The Hall–Kier alpha value is -1.08. The molecule has 0 aliphatic carbocycles. The van der Waals surface area contributed by atoms with Crippen molar-refractivity contribution >= 4 is 34.9 Å². The van der Waals surface area contributed by atoms with Crippen LogP contribution in [0.1, 0.15) is 26.2 Å². The quantitative estimate of drug-likeness (QED) is 0.207. The van der Waals surface area contributed by atoms with Gasteiger partial charge in [0, 0.05) is 6.54 Å². The molecule has 1 N–H and O–H groups in total. The standard InChI is InChI=1S/C10H15ClN4O2S/c1-3-4-5-6-12-9-7(15(16)17)8(11)13-10(14-9)18-2/h3-6H2,1-2H3,(H,12,13,14). The Bertz CT molecular complexity index is 431. The molecule has 1 rings (SSSR count). The van der Waals surface area contributed by atoms with Crippen LogP contribution in [0.2, 0.25) is 5.15 Å². The van der Waals surface area contributed by atoms with Gasteiger partial charge in [-0.15, -0.1) is 0 Å². The highest BCUT2D eigenvalue weighted by molar-refractivity contribution is 7.98. The number of rotatable bonds is 7. The van der Waals surface area contributed by atoms with Gasteiger partial charge in [-0.1, -0.05) is 43.1 Å². The van der Waals surface area contributed by atoms with E-state index >= 15 is 0 Å². The Morgan fingerprint density at radius 2 is 2.17 bits per heavy atom. The molecule has 0 radical (unpaired) electrons. The van der Waals surface area contributed by atoms with Crippen LogP contribution in [0.4, 0.5) is 11.5 Å². The molecule has 6 nitrogen and oxygen atoms in total. The first-order chi connectivity index (χ1) is 8.60. The number of halogens is 1. The topological polar surface area (TPSA) is 81.0 Å². The average Bonchev–Trinajstić information content (AvgIpc) is 2.33. The molecule has 0 fully saturated rings. The fraction of sp³-hybridized carbons (Fsp3) is 0.600. The van der Waals surface area contributed by atoms with Gasteiger partial charge in [-0.05, 0) is 12.7 Å². The van der Waals surface area contributed by atoms with Gasteiger partial charge < -0.3 is 5.32 Å². The molecule has 0 unspecified atom stereocenters. The molecule has 8 heteroatoms. The number of aromatic nitrogens is 2. The van der Waals surface area contributed by atoms with Crippen LogP contribution in [0.15, 0.2) is 5.16 Å². The van der Waals surface area contributed by atoms with Gasteiger partial charge >= 0.3 is 5.69 Å². The third-order valence-corrected chi connectivity index (χ3v) is 3.07. The number of hydrogen-bond acceptors (Lipinski definition) is 6. The Labute approximate surface area is 115 Å². The highest BCUT2D eigenvalue weighted by atomic mass is 35.5. The molecule has 0 saturated heterocycles. The fourth-order valence-electron chi connectivity index (χ4n) is 1.37. The number of thioether (sulfide) groups is 1. The number of unbranched alkanes of at least 4 members (excludes halogenated alkanes) is 2. The second kappa shape index (κ2) is 7.38. The summed E-state index contributed by atoms with van der Waals surface area (Å²) in [5.41, 5.74) is -0.258. The van der Waals surface area contributed by atoms with Crippen LogP contribution in [0.25, 0.3) is 0 Å². The van der Waals surface area contributed by atoms with E-state index in [4.69, 9.17) is 11.6 Å². The summed E-state index contributed by atoms with van der Waals surface area (Å²) in [6, 6.07) is 0. The fourth-order valence-corrected chi connectivity index (χ4v) is 2.02. The highest BCUT2D eigenvalue weighted by Crippen LogP contribution is 2.31. The van der Waals surface area contributed by atoms with E-state index in [1.165, 1.54) is 11.8 Å². The third-order valence-electron chi connectivity index (χ3n) is 2.26. The summed E-state index contributed by atoms with van der Waals surface area (Å²) < 4.78 is 0. The number of nitro groups is 1.